The Hall–Kier alpha value is -0.610. The molecular formula is C13H28N2O2. The molecule has 0 spiro atoms. The molecular weight excluding hydrogens is 216 g/mol. The first-order valence-electron chi connectivity index (χ1n) is 6.46. The zero-order chi connectivity index (χ0) is 13.5. The maximum Gasteiger partial charge on any atom is 0.225 e. The lowest BCUT2D eigenvalue weighted by molar-refractivity contribution is -0.130. The van der Waals surface area contributed by atoms with Crippen LogP contribution in [0.3, 0.4) is 0 Å². The van der Waals surface area contributed by atoms with Crippen LogP contribution in [0.15, 0.2) is 0 Å². The first-order chi connectivity index (χ1) is 7.87. The molecule has 0 unspecified atom stereocenters. The molecule has 0 fully saturated rings. The van der Waals surface area contributed by atoms with Gasteiger partial charge in [-0.15, -0.1) is 0 Å². The third-order valence-corrected chi connectivity index (χ3v) is 3.84. The minimum atomic E-state index is -0.433. The van der Waals surface area contributed by atoms with E-state index in [0.29, 0.717) is 19.5 Å². The van der Waals surface area contributed by atoms with Crippen LogP contribution in [-0.2, 0) is 4.79 Å². The summed E-state index contributed by atoms with van der Waals surface area (Å²) in [4.78, 5) is 12.0. The van der Waals surface area contributed by atoms with Crippen molar-refractivity contribution in [1.29, 1.82) is 0 Å². The fraction of sp³-hybridized carbons (Fsp3) is 0.923. The topological polar surface area (TPSA) is 75.3 Å². The third kappa shape index (κ3) is 4.64. The normalized spacial score (nSPS) is 12.6. The zero-order valence-corrected chi connectivity index (χ0v) is 11.7. The van der Waals surface area contributed by atoms with Crippen LogP contribution in [0, 0.1) is 10.8 Å². The Morgan fingerprint density at radius 2 is 1.82 bits per heavy atom. The van der Waals surface area contributed by atoms with Gasteiger partial charge in [0.05, 0.1) is 6.61 Å². The lowest BCUT2D eigenvalue weighted by atomic mass is 9.82. The molecule has 0 saturated heterocycles. The van der Waals surface area contributed by atoms with Crippen LogP contribution in [0.2, 0.25) is 0 Å². The maximum absolute atomic E-state index is 12.0. The molecule has 0 heterocycles. The number of carbonyl (C=O) groups is 1. The molecule has 0 radical (unpaired) electrons. The van der Waals surface area contributed by atoms with Crippen LogP contribution in [0.1, 0.15) is 47.0 Å². The van der Waals surface area contributed by atoms with Crippen LogP contribution in [0.25, 0.3) is 0 Å². The van der Waals surface area contributed by atoms with E-state index < -0.39 is 5.41 Å². The Labute approximate surface area is 105 Å². The minimum absolute atomic E-state index is 0.0164. The van der Waals surface area contributed by atoms with Gasteiger partial charge in [0.1, 0.15) is 0 Å². The smallest absolute Gasteiger partial charge is 0.225 e. The maximum atomic E-state index is 12.0. The summed E-state index contributed by atoms with van der Waals surface area (Å²) in [6.45, 7) is 9.02. The Bertz CT molecular complexity index is 227. The van der Waals surface area contributed by atoms with Crippen molar-refractivity contribution in [3.63, 3.8) is 0 Å². The SMILES string of the molecule is CCC(CC)(CO)CNC(=O)C(C)(C)CCN. The molecule has 4 N–H and O–H groups in total. The van der Waals surface area contributed by atoms with Crippen molar-refractivity contribution in [1.82, 2.24) is 5.32 Å². The van der Waals surface area contributed by atoms with Crippen LogP contribution in [0.4, 0.5) is 0 Å². The van der Waals surface area contributed by atoms with E-state index in [1.165, 1.54) is 0 Å². The van der Waals surface area contributed by atoms with Crippen LogP contribution < -0.4 is 11.1 Å². The molecule has 0 aromatic carbocycles. The molecule has 0 saturated carbocycles. The van der Waals surface area contributed by atoms with Gasteiger partial charge in [-0.05, 0) is 25.8 Å². The molecule has 102 valence electrons. The van der Waals surface area contributed by atoms with E-state index in [1.807, 2.05) is 27.7 Å². The van der Waals surface area contributed by atoms with Gasteiger partial charge >= 0.3 is 0 Å². The van der Waals surface area contributed by atoms with Crippen molar-refractivity contribution in [2.45, 2.75) is 47.0 Å². The van der Waals surface area contributed by atoms with Gasteiger partial charge in [0.2, 0.25) is 5.91 Å². The van der Waals surface area contributed by atoms with Crippen LogP contribution >= 0.6 is 0 Å². The molecule has 0 aliphatic rings. The average molecular weight is 244 g/mol. The van der Waals surface area contributed by atoms with Crippen molar-refractivity contribution in [3.05, 3.63) is 0 Å². The van der Waals surface area contributed by atoms with Gasteiger partial charge in [0, 0.05) is 17.4 Å². The molecule has 0 bridgehead atoms. The number of aliphatic hydroxyl groups is 1. The summed E-state index contributed by atoms with van der Waals surface area (Å²) in [5.41, 5.74) is 4.87. The van der Waals surface area contributed by atoms with Crippen molar-refractivity contribution < 1.29 is 9.90 Å². The second-order valence-electron chi connectivity index (χ2n) is 5.47. The summed E-state index contributed by atoms with van der Waals surface area (Å²) in [5, 5.41) is 12.4. The summed E-state index contributed by atoms with van der Waals surface area (Å²) in [7, 11) is 0. The number of carbonyl (C=O) groups excluding carboxylic acids is 1. The number of hydrogen-bond donors (Lipinski definition) is 3. The highest BCUT2D eigenvalue weighted by atomic mass is 16.3. The molecule has 0 rings (SSSR count). The van der Waals surface area contributed by atoms with Crippen molar-refractivity contribution in [2.24, 2.45) is 16.6 Å². The van der Waals surface area contributed by atoms with Gasteiger partial charge in [0.15, 0.2) is 0 Å². The summed E-state index contributed by atoms with van der Waals surface area (Å²) in [6.07, 6.45) is 2.39. The lowest BCUT2D eigenvalue weighted by Gasteiger charge is -2.32. The highest BCUT2D eigenvalue weighted by Gasteiger charge is 2.30. The Morgan fingerprint density at radius 1 is 1.29 bits per heavy atom. The fourth-order valence-corrected chi connectivity index (χ4v) is 1.76. The second-order valence-corrected chi connectivity index (χ2v) is 5.47. The molecule has 0 aromatic heterocycles. The van der Waals surface area contributed by atoms with Crippen molar-refractivity contribution >= 4 is 5.91 Å². The molecule has 0 aromatic rings. The standard InChI is InChI=1S/C13H28N2O2/c1-5-13(6-2,10-16)9-15-11(17)12(3,4)7-8-14/h16H,5-10,14H2,1-4H3,(H,15,17). The van der Waals surface area contributed by atoms with Gasteiger partial charge in [-0.25, -0.2) is 0 Å². The number of amides is 1. The third-order valence-electron chi connectivity index (χ3n) is 3.84. The predicted molar refractivity (Wildman–Crippen MR) is 70.6 cm³/mol. The molecule has 1 amide bonds. The van der Waals surface area contributed by atoms with Crippen molar-refractivity contribution in [2.75, 3.05) is 19.7 Å². The van der Waals surface area contributed by atoms with E-state index >= 15 is 0 Å². The molecule has 4 heteroatoms. The number of nitrogens with two attached hydrogens (primary N) is 1. The molecule has 17 heavy (non-hydrogen) atoms. The predicted octanol–water partition coefficient (Wildman–Crippen LogP) is 1.28. The molecule has 0 aliphatic heterocycles. The highest BCUT2D eigenvalue weighted by molar-refractivity contribution is 5.81. The second kappa shape index (κ2) is 6.97. The van der Waals surface area contributed by atoms with E-state index in [1.54, 1.807) is 0 Å². The summed E-state index contributed by atoms with van der Waals surface area (Å²) < 4.78 is 0. The number of hydrogen-bond acceptors (Lipinski definition) is 3. The van der Waals surface area contributed by atoms with E-state index in [0.717, 1.165) is 12.8 Å². The van der Waals surface area contributed by atoms with E-state index in [9.17, 15) is 9.90 Å². The molecule has 0 aliphatic carbocycles. The fourth-order valence-electron chi connectivity index (χ4n) is 1.76. The summed E-state index contributed by atoms with van der Waals surface area (Å²) >= 11 is 0. The van der Waals surface area contributed by atoms with E-state index in [4.69, 9.17) is 5.73 Å². The zero-order valence-electron chi connectivity index (χ0n) is 11.7. The van der Waals surface area contributed by atoms with Gasteiger partial charge < -0.3 is 16.2 Å². The number of nitrogens with one attached hydrogen (secondary N) is 1. The summed E-state index contributed by atoms with van der Waals surface area (Å²) in [6, 6.07) is 0. The number of rotatable bonds is 8. The van der Waals surface area contributed by atoms with Gasteiger partial charge in [0.25, 0.3) is 0 Å². The Morgan fingerprint density at radius 3 is 2.18 bits per heavy atom. The van der Waals surface area contributed by atoms with E-state index in [2.05, 4.69) is 5.32 Å². The Kier molecular flexibility index (Phi) is 6.72. The summed E-state index contributed by atoms with van der Waals surface area (Å²) in [5.74, 6) is 0.0164. The quantitative estimate of drug-likeness (QED) is 0.602. The largest absolute Gasteiger partial charge is 0.396 e. The van der Waals surface area contributed by atoms with Gasteiger partial charge in [-0.2, -0.15) is 0 Å². The minimum Gasteiger partial charge on any atom is -0.396 e. The average Bonchev–Trinajstić information content (AvgIpc) is 2.31. The molecule has 4 nitrogen and oxygen atoms in total. The van der Waals surface area contributed by atoms with Crippen LogP contribution in [0.5, 0.6) is 0 Å². The van der Waals surface area contributed by atoms with Crippen molar-refractivity contribution in [3.8, 4) is 0 Å². The first kappa shape index (κ1) is 16.4. The highest BCUT2D eigenvalue weighted by Crippen LogP contribution is 2.26. The monoisotopic (exact) mass is 244 g/mol. The van der Waals surface area contributed by atoms with Gasteiger partial charge in [-0.1, -0.05) is 27.7 Å². The van der Waals surface area contributed by atoms with E-state index in [-0.39, 0.29) is 17.9 Å². The first-order valence-corrected chi connectivity index (χ1v) is 6.46. The lowest BCUT2D eigenvalue weighted by Crippen LogP contribution is -2.45. The molecule has 0 atom stereocenters. The van der Waals surface area contributed by atoms with Crippen LogP contribution in [-0.4, -0.2) is 30.7 Å². The Balaban J connectivity index is 4.40. The van der Waals surface area contributed by atoms with Gasteiger partial charge in [-0.3, -0.25) is 4.79 Å². The number of aliphatic hydroxyl groups excluding tert-OH is 1.